The molecule has 2 N–H and O–H groups in total. The van der Waals surface area contributed by atoms with Crippen molar-refractivity contribution in [3.8, 4) is 0 Å². The van der Waals surface area contributed by atoms with Gasteiger partial charge in [0.15, 0.2) is 5.71 Å². The van der Waals surface area contributed by atoms with Crippen molar-refractivity contribution in [2.45, 2.75) is 12.5 Å². The molecule has 1 amide bonds. The van der Waals surface area contributed by atoms with Crippen LogP contribution in [0.15, 0.2) is 17.5 Å². The molecule has 8 heteroatoms. The lowest BCUT2D eigenvalue weighted by Crippen LogP contribution is -2.28. The Balaban J connectivity index is 1.93. The molecule has 8 nitrogen and oxygen atoms in total. The smallest absolute Gasteiger partial charge is 0.353 e. The third-order valence-electron chi connectivity index (χ3n) is 2.18. The Labute approximate surface area is 95.9 Å². The van der Waals surface area contributed by atoms with Crippen LogP contribution in [0.2, 0.25) is 0 Å². The lowest BCUT2D eigenvalue weighted by atomic mass is 10.2. The number of carboxylic acid groups (broad SMARTS) is 1. The van der Waals surface area contributed by atoms with Crippen LogP contribution in [-0.2, 0) is 21.5 Å². The van der Waals surface area contributed by atoms with Crippen LogP contribution >= 0.6 is 0 Å². The molecule has 1 aromatic heterocycles. The van der Waals surface area contributed by atoms with E-state index in [1.165, 1.54) is 10.9 Å². The molecular weight excluding hydrogens is 228 g/mol. The molecule has 0 spiro atoms. The third-order valence-corrected chi connectivity index (χ3v) is 2.18. The van der Waals surface area contributed by atoms with Crippen molar-refractivity contribution in [2.75, 3.05) is 5.32 Å². The van der Waals surface area contributed by atoms with Crippen molar-refractivity contribution in [2.24, 2.45) is 12.2 Å². The van der Waals surface area contributed by atoms with Gasteiger partial charge in [-0.1, -0.05) is 5.16 Å². The van der Waals surface area contributed by atoms with Gasteiger partial charge in [-0.3, -0.25) is 9.48 Å². The van der Waals surface area contributed by atoms with Crippen LogP contribution in [0.5, 0.6) is 0 Å². The van der Waals surface area contributed by atoms with E-state index in [0.29, 0.717) is 5.69 Å². The zero-order valence-corrected chi connectivity index (χ0v) is 8.95. The van der Waals surface area contributed by atoms with Crippen LogP contribution in [-0.4, -0.2) is 38.6 Å². The number of carbonyl (C=O) groups is 2. The van der Waals surface area contributed by atoms with Gasteiger partial charge < -0.3 is 15.3 Å². The number of aryl methyl sites for hydroxylation is 1. The number of amides is 1. The average Bonchev–Trinajstić information content (AvgIpc) is 2.86. The summed E-state index contributed by atoms with van der Waals surface area (Å²) in [4.78, 5) is 27.0. The van der Waals surface area contributed by atoms with Crippen LogP contribution in [0.1, 0.15) is 6.42 Å². The highest BCUT2D eigenvalue weighted by atomic mass is 16.6. The first kappa shape index (κ1) is 11.1. The topological polar surface area (TPSA) is 106 Å². The number of oxime groups is 1. The fourth-order valence-corrected chi connectivity index (χ4v) is 1.35. The average molecular weight is 238 g/mol. The van der Waals surface area contributed by atoms with E-state index in [2.05, 4.69) is 15.6 Å². The maximum atomic E-state index is 11.7. The molecule has 2 heterocycles. The second-order valence-electron chi connectivity index (χ2n) is 3.53. The Morgan fingerprint density at radius 2 is 2.41 bits per heavy atom. The van der Waals surface area contributed by atoms with Crippen molar-refractivity contribution >= 4 is 23.3 Å². The number of carboxylic acids is 1. The van der Waals surface area contributed by atoms with Crippen molar-refractivity contribution < 1.29 is 19.5 Å². The summed E-state index contributed by atoms with van der Waals surface area (Å²) >= 11 is 0. The highest BCUT2D eigenvalue weighted by molar-refractivity contribution is 6.36. The molecule has 1 aliphatic heterocycles. The van der Waals surface area contributed by atoms with Gasteiger partial charge in [-0.2, -0.15) is 5.10 Å². The van der Waals surface area contributed by atoms with Crippen LogP contribution < -0.4 is 5.32 Å². The molecular formula is C9H10N4O4. The van der Waals surface area contributed by atoms with Crippen LogP contribution in [0.3, 0.4) is 0 Å². The van der Waals surface area contributed by atoms with Gasteiger partial charge >= 0.3 is 5.97 Å². The highest BCUT2D eigenvalue weighted by Gasteiger charge is 2.31. The second-order valence-corrected chi connectivity index (χ2v) is 3.53. The summed E-state index contributed by atoms with van der Waals surface area (Å²) in [5.41, 5.74) is 0.362. The quantitative estimate of drug-likeness (QED) is 0.744. The maximum Gasteiger partial charge on any atom is 0.353 e. The predicted octanol–water partition coefficient (Wildman–Crippen LogP) is -0.412. The van der Waals surface area contributed by atoms with Crippen molar-refractivity contribution in [1.29, 1.82) is 0 Å². The van der Waals surface area contributed by atoms with Gasteiger partial charge in [0.1, 0.15) is 0 Å². The fraction of sp³-hybridized carbons (Fsp3) is 0.333. The molecule has 0 bridgehead atoms. The van der Waals surface area contributed by atoms with Crippen LogP contribution in [0.25, 0.3) is 0 Å². The number of carbonyl (C=O) groups excluding carboxylic acids is 1. The Morgan fingerprint density at radius 1 is 1.65 bits per heavy atom. The molecule has 1 aliphatic rings. The molecule has 1 atom stereocenters. The largest absolute Gasteiger partial charge is 0.477 e. The number of nitrogens with zero attached hydrogens (tertiary/aromatic N) is 3. The van der Waals surface area contributed by atoms with E-state index in [0.717, 1.165) is 0 Å². The number of hydrogen-bond donors (Lipinski definition) is 2. The van der Waals surface area contributed by atoms with E-state index in [4.69, 9.17) is 9.94 Å². The Kier molecular flexibility index (Phi) is 2.77. The second kappa shape index (κ2) is 4.24. The van der Waals surface area contributed by atoms with Gasteiger partial charge in [-0.05, 0) is 0 Å². The van der Waals surface area contributed by atoms with Gasteiger partial charge in [-0.25, -0.2) is 4.79 Å². The molecule has 17 heavy (non-hydrogen) atoms. The van der Waals surface area contributed by atoms with E-state index < -0.39 is 18.0 Å². The third kappa shape index (κ3) is 2.41. The zero-order valence-electron chi connectivity index (χ0n) is 8.95. The maximum absolute atomic E-state index is 11.7. The molecule has 2 rings (SSSR count). The molecule has 0 fully saturated rings. The van der Waals surface area contributed by atoms with Gasteiger partial charge in [0.05, 0.1) is 11.9 Å². The van der Waals surface area contributed by atoms with Gasteiger partial charge in [0.2, 0.25) is 6.10 Å². The Bertz CT molecular complexity index is 493. The van der Waals surface area contributed by atoms with Crippen LogP contribution in [0, 0.1) is 0 Å². The van der Waals surface area contributed by atoms with E-state index in [1.807, 2.05) is 0 Å². The van der Waals surface area contributed by atoms with Crippen LogP contribution in [0.4, 0.5) is 5.69 Å². The summed E-state index contributed by atoms with van der Waals surface area (Å²) < 4.78 is 1.53. The standard InChI is InChI=1S/C9H10N4O4/c1-13-4-5(3-10-13)11-8(14)7-2-6(9(15)16)12-17-7/h3-4,7H,2H2,1H3,(H,11,14)(H,15,16). The van der Waals surface area contributed by atoms with Gasteiger partial charge in [0.25, 0.3) is 5.91 Å². The SMILES string of the molecule is Cn1cc(NC(=O)C2CC(C(=O)O)=NO2)cn1. The monoisotopic (exact) mass is 238 g/mol. The minimum atomic E-state index is -1.18. The fourth-order valence-electron chi connectivity index (χ4n) is 1.35. The number of rotatable bonds is 3. The van der Waals surface area contributed by atoms with Gasteiger partial charge in [0, 0.05) is 19.7 Å². The lowest BCUT2D eigenvalue weighted by Gasteiger charge is -2.06. The molecule has 0 saturated heterocycles. The summed E-state index contributed by atoms with van der Waals surface area (Å²) in [5.74, 6) is -1.63. The molecule has 0 radical (unpaired) electrons. The minimum Gasteiger partial charge on any atom is -0.477 e. The molecule has 0 saturated carbocycles. The van der Waals surface area contributed by atoms with E-state index in [-0.39, 0.29) is 12.1 Å². The first-order valence-corrected chi connectivity index (χ1v) is 4.82. The number of aromatic nitrogens is 2. The predicted molar refractivity (Wildman–Crippen MR) is 56.4 cm³/mol. The Morgan fingerprint density at radius 3 is 2.94 bits per heavy atom. The molecule has 0 aromatic carbocycles. The first-order chi connectivity index (χ1) is 8.06. The molecule has 90 valence electrons. The molecule has 0 aliphatic carbocycles. The summed E-state index contributed by atoms with van der Waals surface area (Å²) in [5, 5.41) is 18.4. The zero-order chi connectivity index (χ0) is 12.4. The molecule has 1 unspecified atom stereocenters. The summed E-state index contributed by atoms with van der Waals surface area (Å²) in [7, 11) is 1.72. The van der Waals surface area contributed by atoms with Gasteiger partial charge in [-0.15, -0.1) is 0 Å². The van der Waals surface area contributed by atoms with E-state index in [9.17, 15) is 9.59 Å². The van der Waals surface area contributed by atoms with E-state index >= 15 is 0 Å². The first-order valence-electron chi connectivity index (χ1n) is 4.82. The number of anilines is 1. The number of aliphatic carboxylic acids is 1. The summed E-state index contributed by atoms with van der Waals surface area (Å²) in [6, 6.07) is 0. The minimum absolute atomic E-state index is 0.0402. The number of hydrogen-bond acceptors (Lipinski definition) is 5. The van der Waals surface area contributed by atoms with Crippen molar-refractivity contribution in [3.63, 3.8) is 0 Å². The highest BCUT2D eigenvalue weighted by Crippen LogP contribution is 2.13. The van der Waals surface area contributed by atoms with E-state index in [1.54, 1.807) is 13.2 Å². The summed E-state index contributed by atoms with van der Waals surface area (Å²) in [6.07, 6.45) is 2.15. The number of nitrogens with one attached hydrogen (secondary N) is 1. The van der Waals surface area contributed by atoms with Crippen molar-refractivity contribution in [1.82, 2.24) is 9.78 Å². The Hall–Kier alpha value is -2.38. The normalized spacial score (nSPS) is 18.4. The summed E-state index contributed by atoms with van der Waals surface area (Å²) in [6.45, 7) is 0. The molecule has 1 aromatic rings. The van der Waals surface area contributed by atoms with Crippen molar-refractivity contribution in [3.05, 3.63) is 12.4 Å². The lowest BCUT2D eigenvalue weighted by molar-refractivity contribution is -0.129.